The molecule has 2 aromatic heterocycles. The highest BCUT2D eigenvalue weighted by molar-refractivity contribution is 8.01. The Bertz CT molecular complexity index is 1070. The number of nitrogens with one attached hydrogen (secondary N) is 1. The van der Waals surface area contributed by atoms with Crippen molar-refractivity contribution in [2.45, 2.75) is 34.9 Å². The average molecular weight is 476 g/mol. The lowest BCUT2D eigenvalue weighted by molar-refractivity contribution is -0.115. The summed E-state index contributed by atoms with van der Waals surface area (Å²) in [6.07, 6.45) is 0.573. The summed E-state index contributed by atoms with van der Waals surface area (Å²) in [6.45, 7) is 3.96. The van der Waals surface area contributed by atoms with Crippen LogP contribution in [0.3, 0.4) is 0 Å². The van der Waals surface area contributed by atoms with Crippen LogP contribution >= 0.6 is 46.5 Å². The molecule has 154 valence electrons. The van der Waals surface area contributed by atoms with E-state index >= 15 is 0 Å². The van der Waals surface area contributed by atoms with E-state index < -0.39 is 5.25 Å². The largest absolute Gasteiger partial charge is 0.300 e. The summed E-state index contributed by atoms with van der Waals surface area (Å²) in [5.74, 6) is 0.706. The van der Waals surface area contributed by atoms with Crippen LogP contribution in [-0.2, 0) is 4.79 Å². The van der Waals surface area contributed by atoms with E-state index in [1.54, 1.807) is 36.0 Å². The second-order valence-corrected chi connectivity index (χ2v) is 10.1. The second kappa shape index (κ2) is 10.8. The molecule has 3 rings (SSSR count). The molecular weight excluding hydrogens is 458 g/mol. The van der Waals surface area contributed by atoms with Gasteiger partial charge in [0.15, 0.2) is 4.34 Å². The molecule has 0 saturated heterocycles. The first kappa shape index (κ1) is 22.6. The van der Waals surface area contributed by atoms with Crippen LogP contribution in [-0.4, -0.2) is 32.1 Å². The topological polar surface area (TPSA) is 91.6 Å². The molecule has 6 nitrogen and oxygen atoms in total. The minimum absolute atomic E-state index is 0.186. The van der Waals surface area contributed by atoms with Gasteiger partial charge in [-0.1, -0.05) is 72.4 Å². The number of halogens is 1. The van der Waals surface area contributed by atoms with Gasteiger partial charge in [-0.3, -0.25) is 10.1 Å². The van der Waals surface area contributed by atoms with E-state index in [1.165, 1.54) is 23.1 Å². The SMILES string of the molecule is CCSc1nnc(NC(=O)C(CC)Sc2nc(-c3ccc(Cl)cc3)ccc2C#N)s1. The summed E-state index contributed by atoms with van der Waals surface area (Å²) in [4.78, 5) is 17.4. The van der Waals surface area contributed by atoms with Crippen LogP contribution in [0.1, 0.15) is 25.8 Å². The van der Waals surface area contributed by atoms with E-state index in [-0.39, 0.29) is 5.91 Å². The van der Waals surface area contributed by atoms with Gasteiger partial charge in [-0.15, -0.1) is 10.2 Å². The van der Waals surface area contributed by atoms with Gasteiger partial charge in [0.05, 0.1) is 16.5 Å². The fourth-order valence-electron chi connectivity index (χ4n) is 2.48. The molecule has 1 atom stereocenters. The van der Waals surface area contributed by atoms with E-state index in [0.717, 1.165) is 15.7 Å². The van der Waals surface area contributed by atoms with Crippen LogP contribution < -0.4 is 5.32 Å². The van der Waals surface area contributed by atoms with Crippen molar-refractivity contribution in [1.82, 2.24) is 15.2 Å². The second-order valence-electron chi connectivity index (χ2n) is 5.98. The highest BCUT2D eigenvalue weighted by Gasteiger charge is 2.22. The van der Waals surface area contributed by atoms with Crippen molar-refractivity contribution in [3.8, 4) is 17.3 Å². The Hall–Kier alpha value is -2.12. The maximum Gasteiger partial charge on any atom is 0.239 e. The van der Waals surface area contributed by atoms with Gasteiger partial charge >= 0.3 is 0 Å². The number of amides is 1. The Balaban J connectivity index is 1.79. The average Bonchev–Trinajstić information content (AvgIpc) is 3.19. The van der Waals surface area contributed by atoms with Crippen molar-refractivity contribution in [2.24, 2.45) is 0 Å². The maximum atomic E-state index is 12.8. The van der Waals surface area contributed by atoms with E-state index in [4.69, 9.17) is 11.6 Å². The highest BCUT2D eigenvalue weighted by Crippen LogP contribution is 2.31. The van der Waals surface area contributed by atoms with Gasteiger partial charge in [0.2, 0.25) is 11.0 Å². The molecule has 0 radical (unpaired) electrons. The molecule has 10 heteroatoms. The molecule has 0 aliphatic heterocycles. The molecule has 1 N–H and O–H groups in total. The van der Waals surface area contributed by atoms with Crippen molar-refractivity contribution in [2.75, 3.05) is 11.1 Å². The predicted octanol–water partition coefficient (Wildman–Crippen LogP) is 5.75. The number of rotatable bonds is 8. The number of anilines is 1. The zero-order chi connectivity index (χ0) is 21.5. The third-order valence-electron chi connectivity index (χ3n) is 3.94. The minimum Gasteiger partial charge on any atom is -0.300 e. The first-order chi connectivity index (χ1) is 14.5. The number of aromatic nitrogens is 3. The monoisotopic (exact) mass is 475 g/mol. The number of nitriles is 1. The predicted molar refractivity (Wildman–Crippen MR) is 124 cm³/mol. The number of carbonyl (C=O) groups is 1. The smallest absolute Gasteiger partial charge is 0.239 e. The number of hydrogen-bond acceptors (Lipinski definition) is 8. The zero-order valence-electron chi connectivity index (χ0n) is 16.3. The van der Waals surface area contributed by atoms with E-state index in [1.807, 2.05) is 26.0 Å². The molecule has 1 aromatic carbocycles. The summed E-state index contributed by atoms with van der Waals surface area (Å²) in [6, 6.07) is 13.0. The summed E-state index contributed by atoms with van der Waals surface area (Å²) < 4.78 is 0.817. The number of hydrogen-bond donors (Lipinski definition) is 1. The quantitative estimate of drug-likeness (QED) is 0.327. The Labute approximate surface area is 192 Å². The van der Waals surface area contributed by atoms with Gasteiger partial charge in [-0.2, -0.15) is 5.26 Å². The fraction of sp³-hybridized carbons (Fsp3) is 0.250. The van der Waals surface area contributed by atoms with Crippen LogP contribution in [0, 0.1) is 11.3 Å². The van der Waals surface area contributed by atoms with Gasteiger partial charge in [0.1, 0.15) is 11.1 Å². The fourth-order valence-corrected chi connectivity index (χ4v) is 5.25. The lowest BCUT2D eigenvalue weighted by Crippen LogP contribution is -2.24. The van der Waals surface area contributed by atoms with Crippen LogP contribution in [0.25, 0.3) is 11.3 Å². The first-order valence-corrected chi connectivity index (χ1v) is 12.2. The van der Waals surface area contributed by atoms with Crippen LogP contribution in [0.15, 0.2) is 45.8 Å². The van der Waals surface area contributed by atoms with Crippen molar-refractivity contribution in [3.63, 3.8) is 0 Å². The molecule has 0 spiro atoms. The molecule has 2 heterocycles. The van der Waals surface area contributed by atoms with Crippen LogP contribution in [0.4, 0.5) is 5.13 Å². The van der Waals surface area contributed by atoms with Gasteiger partial charge in [-0.25, -0.2) is 4.98 Å². The van der Waals surface area contributed by atoms with Crippen molar-refractivity contribution < 1.29 is 4.79 Å². The Morgan fingerprint density at radius 3 is 2.67 bits per heavy atom. The molecule has 0 aliphatic rings. The zero-order valence-corrected chi connectivity index (χ0v) is 19.5. The molecule has 0 bridgehead atoms. The van der Waals surface area contributed by atoms with Gasteiger partial charge < -0.3 is 0 Å². The van der Waals surface area contributed by atoms with Gasteiger partial charge in [0, 0.05) is 10.6 Å². The molecule has 0 aliphatic carbocycles. The lowest BCUT2D eigenvalue weighted by atomic mass is 10.1. The minimum atomic E-state index is -0.420. The number of pyridine rings is 1. The summed E-state index contributed by atoms with van der Waals surface area (Å²) in [5, 5.41) is 21.6. The van der Waals surface area contributed by atoms with Crippen LogP contribution in [0.2, 0.25) is 5.02 Å². The van der Waals surface area contributed by atoms with Crippen LogP contribution in [0.5, 0.6) is 0 Å². The van der Waals surface area contributed by atoms with Gasteiger partial charge in [-0.05, 0) is 36.4 Å². The normalized spacial score (nSPS) is 11.7. The van der Waals surface area contributed by atoms with Crippen molar-refractivity contribution >= 4 is 57.5 Å². The summed E-state index contributed by atoms with van der Waals surface area (Å²) in [7, 11) is 0. The number of thioether (sulfide) groups is 2. The summed E-state index contributed by atoms with van der Waals surface area (Å²) >= 11 is 10.2. The lowest BCUT2D eigenvalue weighted by Gasteiger charge is -2.14. The first-order valence-electron chi connectivity index (χ1n) is 9.15. The molecule has 1 amide bonds. The molecule has 0 fully saturated rings. The van der Waals surface area contributed by atoms with E-state index in [9.17, 15) is 10.1 Å². The number of carbonyl (C=O) groups excluding carboxylic acids is 1. The molecule has 3 aromatic rings. The maximum absolute atomic E-state index is 12.8. The van der Waals surface area contributed by atoms with Crippen molar-refractivity contribution in [1.29, 1.82) is 5.26 Å². The number of nitrogens with zero attached hydrogens (tertiary/aromatic N) is 4. The molecule has 1 unspecified atom stereocenters. The Morgan fingerprint density at radius 1 is 1.23 bits per heavy atom. The Kier molecular flexibility index (Phi) is 8.10. The van der Waals surface area contributed by atoms with Crippen molar-refractivity contribution in [3.05, 3.63) is 47.0 Å². The molecule has 0 saturated carbocycles. The van der Waals surface area contributed by atoms with E-state index in [0.29, 0.717) is 32.9 Å². The third kappa shape index (κ3) is 5.73. The number of benzene rings is 1. The highest BCUT2D eigenvalue weighted by atomic mass is 35.5. The third-order valence-corrected chi connectivity index (χ3v) is 7.41. The summed E-state index contributed by atoms with van der Waals surface area (Å²) in [5.41, 5.74) is 2.04. The van der Waals surface area contributed by atoms with Gasteiger partial charge in [0.25, 0.3) is 0 Å². The standard InChI is InChI=1S/C20H18ClN5OS3/c1-3-16(17(27)24-19-25-26-20(30-19)28-4-2)29-18-13(11-22)7-10-15(23-18)12-5-8-14(21)9-6-12/h5-10,16H,3-4H2,1-2H3,(H,24,25,27). The van der Waals surface area contributed by atoms with E-state index in [2.05, 4.69) is 26.6 Å². The Morgan fingerprint density at radius 2 is 2.00 bits per heavy atom. The molecule has 30 heavy (non-hydrogen) atoms. The molecular formula is C20H18ClN5OS3.